The van der Waals surface area contributed by atoms with Crippen molar-refractivity contribution in [2.45, 2.75) is 24.0 Å². The molecule has 0 spiro atoms. The van der Waals surface area contributed by atoms with Crippen LogP contribution < -0.4 is 5.32 Å². The molecule has 1 fully saturated rings. The van der Waals surface area contributed by atoms with Crippen molar-refractivity contribution in [3.8, 4) is 11.5 Å². The fourth-order valence-corrected chi connectivity index (χ4v) is 2.90. The van der Waals surface area contributed by atoms with Gasteiger partial charge < -0.3 is 15.5 Å². The summed E-state index contributed by atoms with van der Waals surface area (Å²) in [6.45, 7) is 3.21. The molecule has 2 atom stereocenters. The molecule has 0 amide bonds. The van der Waals surface area contributed by atoms with E-state index in [2.05, 4.69) is 12.2 Å². The molecule has 1 aliphatic heterocycles. The zero-order chi connectivity index (χ0) is 10.8. The molecule has 1 aromatic rings. The number of phenols is 2. The number of thioether (sulfide) groups is 1. The van der Waals surface area contributed by atoms with Crippen molar-refractivity contribution >= 4 is 11.8 Å². The Morgan fingerprint density at radius 1 is 1.33 bits per heavy atom. The molecule has 1 heterocycles. The average molecular weight is 225 g/mol. The first kappa shape index (κ1) is 10.6. The highest BCUT2D eigenvalue weighted by atomic mass is 32.2. The van der Waals surface area contributed by atoms with Gasteiger partial charge >= 0.3 is 0 Å². The third-order valence-electron chi connectivity index (χ3n) is 2.55. The fraction of sp³-hybridized carbons (Fsp3) is 0.455. The number of hydrogen-bond acceptors (Lipinski definition) is 4. The predicted octanol–water partition coefficient (Wildman–Crippen LogP) is 2.21. The van der Waals surface area contributed by atoms with Crippen LogP contribution in [0.2, 0.25) is 0 Å². The third kappa shape index (κ3) is 2.38. The molecule has 0 aliphatic carbocycles. The van der Waals surface area contributed by atoms with Gasteiger partial charge in [0, 0.05) is 5.25 Å². The highest BCUT2D eigenvalue weighted by Gasteiger charge is 2.20. The molecular formula is C11H15NO2S. The molecule has 82 valence electrons. The Morgan fingerprint density at radius 2 is 2.13 bits per heavy atom. The number of aromatic hydroxyl groups is 2. The minimum Gasteiger partial charge on any atom is -0.504 e. The van der Waals surface area contributed by atoms with Gasteiger partial charge in [-0.2, -0.15) is 0 Å². The monoisotopic (exact) mass is 225 g/mol. The Bertz CT molecular complexity index is 356. The van der Waals surface area contributed by atoms with Crippen LogP contribution >= 0.6 is 11.8 Å². The zero-order valence-electron chi connectivity index (χ0n) is 8.60. The molecule has 0 saturated carbocycles. The summed E-state index contributed by atoms with van der Waals surface area (Å²) in [6, 6.07) is 5.00. The minimum atomic E-state index is -0.0624. The predicted molar refractivity (Wildman–Crippen MR) is 62.2 cm³/mol. The van der Waals surface area contributed by atoms with Crippen LogP contribution in [0, 0.1) is 0 Å². The Morgan fingerprint density at radius 3 is 2.80 bits per heavy atom. The SMILES string of the molecule is CC1CCNC(c2ccc(O)c(O)c2)S1. The molecule has 3 nitrogen and oxygen atoms in total. The van der Waals surface area contributed by atoms with E-state index in [9.17, 15) is 10.2 Å². The maximum absolute atomic E-state index is 9.41. The van der Waals surface area contributed by atoms with Gasteiger partial charge in [0.05, 0.1) is 5.37 Å². The topological polar surface area (TPSA) is 52.5 Å². The first-order chi connectivity index (χ1) is 7.16. The fourth-order valence-electron chi connectivity index (χ4n) is 1.67. The van der Waals surface area contributed by atoms with Crippen molar-refractivity contribution in [1.82, 2.24) is 5.32 Å². The quantitative estimate of drug-likeness (QED) is 0.641. The molecule has 3 N–H and O–H groups in total. The van der Waals surface area contributed by atoms with Crippen molar-refractivity contribution < 1.29 is 10.2 Å². The van der Waals surface area contributed by atoms with Crippen molar-refractivity contribution in [2.24, 2.45) is 0 Å². The largest absolute Gasteiger partial charge is 0.504 e. The highest BCUT2D eigenvalue weighted by Crippen LogP contribution is 2.37. The standard InChI is InChI=1S/C11H15NO2S/c1-7-4-5-12-11(15-7)8-2-3-9(13)10(14)6-8/h2-3,6-7,11-14H,4-5H2,1H3. The molecule has 0 bridgehead atoms. The number of hydrogen-bond donors (Lipinski definition) is 3. The molecule has 0 radical (unpaired) electrons. The lowest BCUT2D eigenvalue weighted by molar-refractivity contribution is 0.402. The zero-order valence-corrected chi connectivity index (χ0v) is 9.42. The summed E-state index contributed by atoms with van der Waals surface area (Å²) in [7, 11) is 0. The van der Waals surface area contributed by atoms with E-state index < -0.39 is 0 Å². The van der Waals surface area contributed by atoms with Gasteiger partial charge in [-0.3, -0.25) is 0 Å². The van der Waals surface area contributed by atoms with Crippen molar-refractivity contribution in [1.29, 1.82) is 0 Å². The molecule has 1 aliphatic rings. The van der Waals surface area contributed by atoms with Gasteiger partial charge in [0.25, 0.3) is 0 Å². The minimum absolute atomic E-state index is 0.0480. The summed E-state index contributed by atoms with van der Waals surface area (Å²) in [5.74, 6) is -0.110. The van der Waals surface area contributed by atoms with E-state index >= 15 is 0 Å². The summed E-state index contributed by atoms with van der Waals surface area (Å²) >= 11 is 1.85. The van der Waals surface area contributed by atoms with Crippen LogP contribution in [0.25, 0.3) is 0 Å². The lowest BCUT2D eigenvalue weighted by Gasteiger charge is -2.28. The van der Waals surface area contributed by atoms with Gasteiger partial charge in [-0.15, -0.1) is 11.8 Å². The van der Waals surface area contributed by atoms with Crippen molar-refractivity contribution in [3.05, 3.63) is 23.8 Å². The van der Waals surface area contributed by atoms with Crippen LogP contribution in [0.5, 0.6) is 11.5 Å². The molecule has 1 saturated heterocycles. The first-order valence-electron chi connectivity index (χ1n) is 5.07. The Hall–Kier alpha value is -0.870. The second-order valence-electron chi connectivity index (χ2n) is 3.82. The normalized spacial score (nSPS) is 26.5. The van der Waals surface area contributed by atoms with E-state index in [1.54, 1.807) is 6.07 Å². The molecule has 2 unspecified atom stereocenters. The molecule has 15 heavy (non-hydrogen) atoms. The number of nitrogens with one attached hydrogen (secondary N) is 1. The number of phenolic OH excluding ortho intramolecular Hbond substituents is 2. The average Bonchev–Trinajstić information content (AvgIpc) is 2.22. The van der Waals surface area contributed by atoms with Gasteiger partial charge in [-0.25, -0.2) is 0 Å². The van der Waals surface area contributed by atoms with Gasteiger partial charge in [0.15, 0.2) is 11.5 Å². The van der Waals surface area contributed by atoms with Crippen LogP contribution in [0.15, 0.2) is 18.2 Å². The van der Waals surface area contributed by atoms with Crippen molar-refractivity contribution in [3.63, 3.8) is 0 Å². The Kier molecular flexibility index (Phi) is 3.07. The van der Waals surface area contributed by atoms with Crippen LogP contribution in [0.1, 0.15) is 24.3 Å². The summed E-state index contributed by atoms with van der Waals surface area (Å²) in [6.07, 6.45) is 1.17. The smallest absolute Gasteiger partial charge is 0.157 e. The molecule has 1 aromatic carbocycles. The molecular weight excluding hydrogens is 210 g/mol. The van der Waals surface area contributed by atoms with Gasteiger partial charge in [-0.05, 0) is 30.7 Å². The van der Waals surface area contributed by atoms with Crippen molar-refractivity contribution in [2.75, 3.05) is 6.54 Å². The van der Waals surface area contributed by atoms with E-state index in [4.69, 9.17) is 0 Å². The van der Waals surface area contributed by atoms with E-state index in [0.717, 1.165) is 12.1 Å². The van der Waals surface area contributed by atoms with Crippen LogP contribution in [-0.4, -0.2) is 22.0 Å². The Balaban J connectivity index is 2.18. The Labute approximate surface area is 93.5 Å². The summed E-state index contributed by atoms with van der Waals surface area (Å²) in [5, 5.41) is 22.9. The second kappa shape index (κ2) is 4.33. The summed E-state index contributed by atoms with van der Waals surface area (Å²) in [4.78, 5) is 0. The number of benzene rings is 1. The van der Waals surface area contributed by atoms with Crippen LogP contribution in [0.3, 0.4) is 0 Å². The van der Waals surface area contributed by atoms with Gasteiger partial charge in [-0.1, -0.05) is 13.0 Å². The van der Waals surface area contributed by atoms with Crippen LogP contribution in [0.4, 0.5) is 0 Å². The highest BCUT2D eigenvalue weighted by molar-refractivity contribution is 8.00. The van der Waals surface area contributed by atoms with E-state index in [1.165, 1.54) is 12.5 Å². The summed E-state index contributed by atoms with van der Waals surface area (Å²) < 4.78 is 0. The van der Waals surface area contributed by atoms with E-state index in [1.807, 2.05) is 17.8 Å². The lowest BCUT2D eigenvalue weighted by Crippen LogP contribution is -2.28. The number of rotatable bonds is 1. The maximum atomic E-state index is 9.41. The summed E-state index contributed by atoms with van der Waals surface area (Å²) in [5.41, 5.74) is 1.02. The van der Waals surface area contributed by atoms with Crippen LogP contribution in [-0.2, 0) is 0 Å². The first-order valence-corrected chi connectivity index (χ1v) is 6.02. The van der Waals surface area contributed by atoms with Gasteiger partial charge in [0.1, 0.15) is 0 Å². The van der Waals surface area contributed by atoms with E-state index in [0.29, 0.717) is 5.25 Å². The molecule has 0 aromatic heterocycles. The van der Waals surface area contributed by atoms with Gasteiger partial charge in [0.2, 0.25) is 0 Å². The molecule has 4 heteroatoms. The third-order valence-corrected chi connectivity index (χ3v) is 3.96. The van der Waals surface area contributed by atoms with E-state index in [-0.39, 0.29) is 16.9 Å². The lowest BCUT2D eigenvalue weighted by atomic mass is 10.2. The maximum Gasteiger partial charge on any atom is 0.157 e. The second-order valence-corrected chi connectivity index (χ2v) is 5.37. The molecule has 2 rings (SSSR count).